The fraction of sp³-hybridized carbons (Fsp3) is 0.286. The number of aromatic nitrogens is 4. The molecule has 10 nitrogen and oxygen atoms in total. The molecule has 0 aliphatic carbocycles. The van der Waals surface area contributed by atoms with E-state index in [4.69, 9.17) is 12.2 Å². The van der Waals surface area contributed by atoms with Crippen molar-refractivity contribution in [3.8, 4) is 0 Å². The monoisotopic (exact) mass is 451 g/mol. The lowest BCUT2D eigenvalue weighted by molar-refractivity contribution is -0.384. The van der Waals surface area contributed by atoms with E-state index in [0.717, 1.165) is 37.4 Å². The number of hydrogen-bond acceptors (Lipinski definition) is 7. The molecule has 164 valence electrons. The van der Waals surface area contributed by atoms with Crippen LogP contribution in [0.5, 0.6) is 0 Å². The second kappa shape index (κ2) is 7.84. The zero-order valence-corrected chi connectivity index (χ0v) is 18.2. The normalized spacial score (nSPS) is 15.0. The van der Waals surface area contributed by atoms with E-state index in [9.17, 15) is 14.9 Å². The maximum atomic E-state index is 12.7. The van der Waals surface area contributed by atoms with E-state index < -0.39 is 0 Å². The second-order valence-corrected chi connectivity index (χ2v) is 8.18. The predicted molar refractivity (Wildman–Crippen MR) is 124 cm³/mol. The molecule has 5 rings (SSSR count). The number of hydrogen-bond donors (Lipinski definition) is 0. The number of nitro groups is 1. The topological polar surface area (TPSA) is 93.8 Å². The van der Waals surface area contributed by atoms with Crippen molar-refractivity contribution in [2.75, 3.05) is 31.1 Å². The molecule has 3 heterocycles. The highest BCUT2D eigenvalue weighted by atomic mass is 32.1. The molecule has 0 radical (unpaired) electrons. The minimum Gasteiger partial charge on any atom is -0.369 e. The highest BCUT2D eigenvalue weighted by Crippen LogP contribution is 2.21. The Balaban J connectivity index is 1.37. The summed E-state index contributed by atoms with van der Waals surface area (Å²) in [5, 5.41) is 16.1. The van der Waals surface area contributed by atoms with Gasteiger partial charge in [0.15, 0.2) is 0 Å². The third-order valence-corrected chi connectivity index (χ3v) is 6.33. The molecule has 1 saturated heterocycles. The molecular weight excluding hydrogens is 430 g/mol. The first-order chi connectivity index (χ1) is 15.4. The van der Waals surface area contributed by atoms with E-state index in [0.29, 0.717) is 22.6 Å². The van der Waals surface area contributed by atoms with Crippen LogP contribution >= 0.6 is 12.2 Å². The summed E-state index contributed by atoms with van der Waals surface area (Å²) in [6.45, 7) is 3.70. The Kier molecular flexibility index (Phi) is 4.98. The van der Waals surface area contributed by atoms with Crippen LogP contribution in [-0.2, 0) is 13.7 Å². The fourth-order valence-corrected chi connectivity index (χ4v) is 4.44. The van der Waals surface area contributed by atoms with Gasteiger partial charge in [-0.15, -0.1) is 5.10 Å². The maximum Gasteiger partial charge on any atom is 0.269 e. The molecule has 1 fully saturated rings. The number of nitrogens with zero attached hydrogens (tertiary/aromatic N) is 7. The number of rotatable bonds is 4. The van der Waals surface area contributed by atoms with Crippen molar-refractivity contribution in [1.82, 2.24) is 23.6 Å². The molecule has 1 aliphatic heterocycles. The summed E-state index contributed by atoms with van der Waals surface area (Å²) in [5.74, 6) is 0.517. The highest BCUT2D eigenvalue weighted by molar-refractivity contribution is 7.71. The van der Waals surface area contributed by atoms with Gasteiger partial charge in [0.05, 0.1) is 22.5 Å². The van der Waals surface area contributed by atoms with Gasteiger partial charge in [-0.05, 0) is 36.5 Å². The van der Waals surface area contributed by atoms with E-state index >= 15 is 0 Å². The van der Waals surface area contributed by atoms with E-state index in [1.807, 2.05) is 22.6 Å². The maximum absolute atomic E-state index is 12.7. The first-order valence-corrected chi connectivity index (χ1v) is 10.6. The molecule has 0 atom stereocenters. The molecule has 0 spiro atoms. The molecule has 0 saturated carbocycles. The Morgan fingerprint density at radius 1 is 1.06 bits per heavy atom. The van der Waals surface area contributed by atoms with Crippen molar-refractivity contribution >= 4 is 40.3 Å². The minimum atomic E-state index is -0.390. The first-order valence-electron chi connectivity index (χ1n) is 10.2. The van der Waals surface area contributed by atoms with Crippen LogP contribution in [0.15, 0.2) is 53.3 Å². The number of benzene rings is 2. The third kappa shape index (κ3) is 3.35. The van der Waals surface area contributed by atoms with Crippen molar-refractivity contribution in [1.29, 1.82) is 0 Å². The summed E-state index contributed by atoms with van der Waals surface area (Å²) in [6.07, 6.45) is 0. The summed E-state index contributed by atoms with van der Waals surface area (Å²) < 4.78 is 5.68. The van der Waals surface area contributed by atoms with Gasteiger partial charge < -0.3 is 4.90 Å². The molecule has 0 amide bonds. The summed E-state index contributed by atoms with van der Waals surface area (Å²) in [4.78, 5) is 27.6. The van der Waals surface area contributed by atoms with Gasteiger partial charge in [-0.25, -0.2) is 4.68 Å². The molecule has 2 aromatic carbocycles. The minimum absolute atomic E-state index is 0.0931. The lowest BCUT2D eigenvalue weighted by Gasteiger charge is -2.35. The Hall–Kier alpha value is -3.57. The fourth-order valence-electron chi connectivity index (χ4n) is 4.16. The van der Waals surface area contributed by atoms with Gasteiger partial charge in [-0.3, -0.25) is 28.8 Å². The zero-order valence-electron chi connectivity index (χ0n) is 17.4. The number of piperazine rings is 1. The molecule has 1 aliphatic rings. The average molecular weight is 452 g/mol. The lowest BCUT2D eigenvalue weighted by atomic mass is 10.2. The zero-order chi connectivity index (χ0) is 22.4. The van der Waals surface area contributed by atoms with E-state index in [1.54, 1.807) is 29.9 Å². The van der Waals surface area contributed by atoms with Gasteiger partial charge >= 0.3 is 0 Å². The first kappa shape index (κ1) is 20.3. The molecular formula is C21H21N7O3S. The van der Waals surface area contributed by atoms with Gasteiger partial charge in [0, 0.05) is 51.0 Å². The van der Waals surface area contributed by atoms with Crippen LogP contribution < -0.4 is 10.5 Å². The van der Waals surface area contributed by atoms with Crippen molar-refractivity contribution in [2.24, 2.45) is 7.05 Å². The lowest BCUT2D eigenvalue weighted by Crippen LogP contribution is -2.47. The Morgan fingerprint density at radius 2 is 1.75 bits per heavy atom. The van der Waals surface area contributed by atoms with Crippen molar-refractivity contribution < 1.29 is 4.92 Å². The number of anilines is 1. The number of nitro benzene ring substituents is 1. The smallest absolute Gasteiger partial charge is 0.269 e. The number of para-hydroxylation sites is 1. The molecule has 32 heavy (non-hydrogen) atoms. The quantitative estimate of drug-likeness (QED) is 0.267. The van der Waals surface area contributed by atoms with Gasteiger partial charge in [0.2, 0.25) is 10.5 Å². The highest BCUT2D eigenvalue weighted by Gasteiger charge is 2.20. The number of aryl methyl sites for hydroxylation is 1. The Labute approximate surface area is 187 Å². The standard InChI is InChI=1S/C21H21N7O3S/c1-23-19(29)17-4-2-3-5-18(17)27-20(23)22-26(21(27)32)14-24-10-12-25(13-11-24)15-6-8-16(9-7-15)28(30)31/h2-9H,10-14H2,1H3. The van der Waals surface area contributed by atoms with Gasteiger partial charge in [-0.1, -0.05) is 12.1 Å². The van der Waals surface area contributed by atoms with Gasteiger partial charge in [0.25, 0.3) is 11.2 Å². The van der Waals surface area contributed by atoms with Crippen LogP contribution in [0.25, 0.3) is 16.7 Å². The largest absolute Gasteiger partial charge is 0.369 e. The van der Waals surface area contributed by atoms with Crippen molar-refractivity contribution in [3.05, 3.63) is 73.8 Å². The summed E-state index contributed by atoms with van der Waals surface area (Å²) in [6, 6.07) is 14.1. The van der Waals surface area contributed by atoms with Crippen LogP contribution in [-0.4, -0.2) is 54.8 Å². The molecule has 11 heteroatoms. The van der Waals surface area contributed by atoms with E-state index in [1.165, 1.54) is 16.7 Å². The molecule has 0 bridgehead atoms. The summed E-state index contributed by atoms with van der Waals surface area (Å²) in [5.41, 5.74) is 1.72. The molecule has 4 aromatic rings. The van der Waals surface area contributed by atoms with Gasteiger partial charge in [0.1, 0.15) is 0 Å². The second-order valence-electron chi connectivity index (χ2n) is 7.82. The Bertz CT molecular complexity index is 1450. The van der Waals surface area contributed by atoms with Crippen LogP contribution in [0.3, 0.4) is 0 Å². The Morgan fingerprint density at radius 3 is 2.44 bits per heavy atom. The molecule has 0 N–H and O–H groups in total. The van der Waals surface area contributed by atoms with Crippen LogP contribution in [0.4, 0.5) is 11.4 Å². The summed E-state index contributed by atoms with van der Waals surface area (Å²) in [7, 11) is 1.71. The van der Waals surface area contributed by atoms with E-state index in [2.05, 4.69) is 14.9 Å². The molecule has 0 unspecified atom stereocenters. The van der Waals surface area contributed by atoms with Crippen molar-refractivity contribution in [3.63, 3.8) is 0 Å². The van der Waals surface area contributed by atoms with E-state index in [-0.39, 0.29) is 16.2 Å². The SMILES string of the molecule is Cn1c(=O)c2ccccc2n2c(=S)n(CN3CCN(c4ccc([N+](=O)[O-])cc4)CC3)nc12. The predicted octanol–water partition coefficient (Wildman–Crippen LogP) is 2.41. The number of non-ortho nitro benzene ring substituents is 1. The molecule has 2 aromatic heterocycles. The van der Waals surface area contributed by atoms with Crippen LogP contribution in [0.1, 0.15) is 0 Å². The average Bonchev–Trinajstić information content (AvgIpc) is 3.14. The van der Waals surface area contributed by atoms with Gasteiger partial charge in [-0.2, -0.15) is 0 Å². The van der Waals surface area contributed by atoms with Crippen LogP contribution in [0, 0.1) is 14.9 Å². The summed E-state index contributed by atoms with van der Waals surface area (Å²) >= 11 is 5.71. The van der Waals surface area contributed by atoms with Crippen molar-refractivity contribution in [2.45, 2.75) is 6.67 Å². The number of fused-ring (bicyclic) bond motifs is 3. The third-order valence-electron chi connectivity index (χ3n) is 5.93. The van der Waals surface area contributed by atoms with Crippen LogP contribution in [0.2, 0.25) is 0 Å².